The quantitative estimate of drug-likeness (QED) is 0.936. The smallest absolute Gasteiger partial charge is 0.276 e. The number of aryl methyl sites for hydroxylation is 1. The van der Waals surface area contributed by atoms with E-state index in [0.29, 0.717) is 22.4 Å². The van der Waals surface area contributed by atoms with Crippen LogP contribution in [0.3, 0.4) is 0 Å². The first-order valence-corrected chi connectivity index (χ1v) is 7.45. The Morgan fingerprint density at radius 2 is 2.09 bits per heavy atom. The summed E-state index contributed by atoms with van der Waals surface area (Å²) in [7, 11) is 1.53. The van der Waals surface area contributed by atoms with Crippen LogP contribution in [0.1, 0.15) is 40.5 Å². The van der Waals surface area contributed by atoms with E-state index in [1.54, 1.807) is 18.2 Å². The van der Waals surface area contributed by atoms with Crippen molar-refractivity contribution in [2.75, 3.05) is 12.4 Å². The fraction of sp³-hybridized carbons (Fsp3) is 0.312. The molecule has 1 heterocycles. The summed E-state index contributed by atoms with van der Waals surface area (Å²) < 4.78 is 5.24. The molecule has 1 fully saturated rings. The SMILES string of the molecule is COc1cc(Cl)c(C)cc1NC(=O)c1ccc(C2CC2)nn1. The molecule has 2 aromatic rings. The van der Waals surface area contributed by atoms with Crippen LogP contribution in [0.4, 0.5) is 5.69 Å². The van der Waals surface area contributed by atoms with Gasteiger partial charge in [0.05, 0.1) is 18.5 Å². The van der Waals surface area contributed by atoms with Gasteiger partial charge in [-0.1, -0.05) is 11.6 Å². The van der Waals surface area contributed by atoms with E-state index in [1.165, 1.54) is 7.11 Å². The molecule has 0 aliphatic heterocycles. The molecular weight excluding hydrogens is 302 g/mol. The summed E-state index contributed by atoms with van der Waals surface area (Å²) in [5, 5.41) is 11.5. The predicted octanol–water partition coefficient (Wildman–Crippen LogP) is 3.58. The van der Waals surface area contributed by atoms with Crippen molar-refractivity contribution in [3.63, 3.8) is 0 Å². The van der Waals surface area contributed by atoms with Gasteiger partial charge in [-0.2, -0.15) is 5.10 Å². The second kappa shape index (κ2) is 5.93. The van der Waals surface area contributed by atoms with Crippen LogP contribution in [0, 0.1) is 6.92 Å². The number of amides is 1. The third-order valence-corrected chi connectivity index (χ3v) is 4.05. The molecule has 1 aliphatic rings. The minimum atomic E-state index is -0.324. The monoisotopic (exact) mass is 317 g/mol. The van der Waals surface area contributed by atoms with Crippen molar-refractivity contribution >= 4 is 23.2 Å². The Labute approximate surface area is 133 Å². The Balaban J connectivity index is 1.79. The van der Waals surface area contributed by atoms with E-state index < -0.39 is 0 Å². The first-order chi connectivity index (χ1) is 10.6. The number of nitrogens with zero attached hydrogens (tertiary/aromatic N) is 2. The summed E-state index contributed by atoms with van der Waals surface area (Å²) in [6.45, 7) is 1.86. The molecule has 6 heteroatoms. The number of carbonyl (C=O) groups excluding carboxylic acids is 1. The third-order valence-electron chi connectivity index (χ3n) is 3.64. The number of rotatable bonds is 4. The van der Waals surface area contributed by atoms with E-state index >= 15 is 0 Å². The van der Waals surface area contributed by atoms with Crippen molar-refractivity contribution in [3.05, 3.63) is 46.2 Å². The fourth-order valence-corrected chi connectivity index (χ4v) is 2.33. The Bertz CT molecular complexity index is 712. The summed E-state index contributed by atoms with van der Waals surface area (Å²) in [6.07, 6.45) is 2.31. The number of hydrogen-bond acceptors (Lipinski definition) is 4. The lowest BCUT2D eigenvalue weighted by molar-refractivity contribution is 0.102. The van der Waals surface area contributed by atoms with Crippen LogP contribution in [0.25, 0.3) is 0 Å². The first kappa shape index (κ1) is 14.8. The van der Waals surface area contributed by atoms with Crippen LogP contribution >= 0.6 is 11.6 Å². The van der Waals surface area contributed by atoms with Crippen LogP contribution in [0.2, 0.25) is 5.02 Å². The van der Waals surface area contributed by atoms with Gasteiger partial charge in [0.25, 0.3) is 5.91 Å². The molecule has 3 rings (SSSR count). The van der Waals surface area contributed by atoms with Crippen molar-refractivity contribution in [3.8, 4) is 5.75 Å². The van der Waals surface area contributed by atoms with Gasteiger partial charge in [0.15, 0.2) is 5.69 Å². The molecule has 1 aromatic carbocycles. The van der Waals surface area contributed by atoms with Gasteiger partial charge in [-0.25, -0.2) is 0 Å². The molecule has 1 saturated carbocycles. The van der Waals surface area contributed by atoms with E-state index in [2.05, 4.69) is 15.5 Å². The number of methoxy groups -OCH3 is 1. The highest BCUT2D eigenvalue weighted by Crippen LogP contribution is 2.38. The number of nitrogens with one attached hydrogen (secondary N) is 1. The van der Waals surface area contributed by atoms with Gasteiger partial charge >= 0.3 is 0 Å². The second-order valence-corrected chi connectivity index (χ2v) is 5.78. The van der Waals surface area contributed by atoms with Crippen molar-refractivity contribution < 1.29 is 9.53 Å². The molecule has 1 aliphatic carbocycles. The molecule has 0 unspecified atom stereocenters. The summed E-state index contributed by atoms with van der Waals surface area (Å²) in [6, 6.07) is 7.01. The summed E-state index contributed by atoms with van der Waals surface area (Å²) in [4.78, 5) is 12.3. The minimum Gasteiger partial charge on any atom is -0.495 e. The molecule has 1 aromatic heterocycles. The number of hydrogen-bond donors (Lipinski definition) is 1. The summed E-state index contributed by atoms with van der Waals surface area (Å²) in [5.74, 6) is 0.699. The maximum Gasteiger partial charge on any atom is 0.276 e. The number of halogens is 1. The van der Waals surface area contributed by atoms with Gasteiger partial charge in [0.2, 0.25) is 0 Å². The van der Waals surface area contributed by atoms with E-state index in [0.717, 1.165) is 24.1 Å². The van der Waals surface area contributed by atoms with Gasteiger partial charge in [0.1, 0.15) is 5.75 Å². The number of anilines is 1. The number of aromatic nitrogens is 2. The van der Waals surface area contributed by atoms with Crippen molar-refractivity contribution in [1.29, 1.82) is 0 Å². The van der Waals surface area contributed by atoms with Crippen molar-refractivity contribution in [2.45, 2.75) is 25.7 Å². The average Bonchev–Trinajstić information content (AvgIpc) is 3.35. The predicted molar refractivity (Wildman–Crippen MR) is 84.7 cm³/mol. The molecule has 5 nitrogen and oxygen atoms in total. The van der Waals surface area contributed by atoms with Crippen molar-refractivity contribution in [1.82, 2.24) is 10.2 Å². The van der Waals surface area contributed by atoms with Crippen LogP contribution in [-0.2, 0) is 0 Å². The Morgan fingerprint density at radius 1 is 1.32 bits per heavy atom. The van der Waals surface area contributed by atoms with Crippen LogP contribution in [0.5, 0.6) is 5.75 Å². The molecule has 22 heavy (non-hydrogen) atoms. The van der Waals surface area contributed by atoms with Crippen LogP contribution in [0.15, 0.2) is 24.3 Å². The lowest BCUT2D eigenvalue weighted by Gasteiger charge is -2.12. The molecule has 0 saturated heterocycles. The van der Waals surface area contributed by atoms with Gasteiger partial charge in [-0.05, 0) is 43.5 Å². The molecule has 1 N–H and O–H groups in total. The molecule has 0 radical (unpaired) electrons. The van der Waals surface area contributed by atoms with E-state index in [-0.39, 0.29) is 11.6 Å². The van der Waals surface area contributed by atoms with Crippen LogP contribution in [-0.4, -0.2) is 23.2 Å². The standard InChI is InChI=1S/C16H16ClN3O2/c1-9-7-14(15(22-2)8-11(9)17)18-16(21)13-6-5-12(19-20-13)10-3-4-10/h5-8,10H,3-4H2,1-2H3,(H,18,21). The Kier molecular flexibility index (Phi) is 3.98. The second-order valence-electron chi connectivity index (χ2n) is 5.37. The third kappa shape index (κ3) is 3.04. The summed E-state index contributed by atoms with van der Waals surface area (Å²) in [5.41, 5.74) is 2.64. The topological polar surface area (TPSA) is 64.1 Å². The van der Waals surface area contributed by atoms with Crippen LogP contribution < -0.4 is 10.1 Å². The van der Waals surface area contributed by atoms with Gasteiger partial charge in [0, 0.05) is 17.0 Å². The van der Waals surface area contributed by atoms with E-state index in [4.69, 9.17) is 16.3 Å². The Morgan fingerprint density at radius 3 is 2.68 bits per heavy atom. The average molecular weight is 318 g/mol. The fourth-order valence-electron chi connectivity index (χ4n) is 2.18. The molecular formula is C16H16ClN3O2. The lowest BCUT2D eigenvalue weighted by Crippen LogP contribution is -2.15. The normalized spacial score (nSPS) is 13.8. The zero-order valence-electron chi connectivity index (χ0n) is 12.4. The number of ether oxygens (including phenoxy) is 1. The van der Waals surface area contributed by atoms with Crippen molar-refractivity contribution in [2.24, 2.45) is 0 Å². The Hall–Kier alpha value is -2.14. The largest absolute Gasteiger partial charge is 0.495 e. The van der Waals surface area contributed by atoms with E-state index in [1.807, 2.05) is 13.0 Å². The van der Waals surface area contributed by atoms with Gasteiger partial charge in [-0.3, -0.25) is 4.79 Å². The zero-order valence-corrected chi connectivity index (χ0v) is 13.1. The maximum absolute atomic E-state index is 12.3. The highest BCUT2D eigenvalue weighted by Gasteiger charge is 2.25. The zero-order chi connectivity index (χ0) is 15.7. The lowest BCUT2D eigenvalue weighted by atomic mass is 10.2. The first-order valence-electron chi connectivity index (χ1n) is 7.07. The number of benzene rings is 1. The minimum absolute atomic E-state index is 0.277. The van der Waals surface area contributed by atoms with E-state index in [9.17, 15) is 4.79 Å². The van der Waals surface area contributed by atoms with Gasteiger partial charge in [-0.15, -0.1) is 5.10 Å². The van der Waals surface area contributed by atoms with Gasteiger partial charge < -0.3 is 10.1 Å². The number of carbonyl (C=O) groups is 1. The molecule has 114 valence electrons. The molecule has 0 bridgehead atoms. The highest BCUT2D eigenvalue weighted by atomic mass is 35.5. The maximum atomic E-state index is 12.3. The molecule has 0 atom stereocenters. The molecule has 0 spiro atoms. The molecule has 1 amide bonds. The highest BCUT2D eigenvalue weighted by molar-refractivity contribution is 6.31. The summed E-state index contributed by atoms with van der Waals surface area (Å²) >= 11 is 6.06.